The van der Waals surface area contributed by atoms with Crippen LogP contribution in [-0.4, -0.2) is 17.6 Å². The average molecular weight is 295 g/mol. The molecule has 0 saturated carbocycles. The number of hydrogen-bond acceptors (Lipinski definition) is 4. The predicted octanol–water partition coefficient (Wildman–Crippen LogP) is 3.42. The van der Waals surface area contributed by atoms with Crippen molar-refractivity contribution < 1.29 is 18.3 Å². The van der Waals surface area contributed by atoms with Gasteiger partial charge in [-0.05, 0) is 24.6 Å². The summed E-state index contributed by atoms with van der Waals surface area (Å²) in [6.45, 7) is 1.92. The molecule has 0 amide bonds. The fraction of sp³-hybridized carbons (Fsp3) is 0.143. The summed E-state index contributed by atoms with van der Waals surface area (Å²) in [6.07, 6.45) is 2.80. The summed E-state index contributed by atoms with van der Waals surface area (Å²) in [7, 11) is 0. The van der Waals surface area contributed by atoms with E-state index in [4.69, 9.17) is 4.74 Å². The fourth-order valence-corrected chi connectivity index (χ4v) is 2.27. The number of ether oxygens (including phenoxy) is 1. The minimum atomic E-state index is -0.978. The van der Waals surface area contributed by atoms with E-state index in [0.29, 0.717) is 16.1 Å². The Labute approximate surface area is 118 Å². The molecule has 2 aromatic rings. The summed E-state index contributed by atoms with van der Waals surface area (Å²) in [5.74, 6) is -2.47. The Kier molecular flexibility index (Phi) is 4.57. The Hall–Kier alpha value is -2.08. The van der Waals surface area contributed by atoms with Gasteiger partial charge in [-0.15, -0.1) is 11.3 Å². The molecule has 0 saturated heterocycles. The standard InChI is InChI=1S/C14H11F2NO2S/c1-2-19-13(18)8-10(14-17-5-6-20-14)9-3-4-11(15)12(16)7-9/h3-8H,2H2,1H3/b10-8+. The van der Waals surface area contributed by atoms with Gasteiger partial charge >= 0.3 is 5.97 Å². The van der Waals surface area contributed by atoms with Crippen molar-refractivity contribution in [1.82, 2.24) is 4.98 Å². The molecule has 6 heteroatoms. The minimum Gasteiger partial charge on any atom is -0.463 e. The maximum absolute atomic E-state index is 13.3. The second-order valence-electron chi connectivity index (χ2n) is 3.78. The van der Waals surface area contributed by atoms with Gasteiger partial charge in [0.2, 0.25) is 0 Å². The molecule has 0 N–H and O–H groups in total. The molecule has 0 aliphatic heterocycles. The van der Waals surface area contributed by atoms with Gasteiger partial charge in [-0.3, -0.25) is 0 Å². The molecule has 0 spiro atoms. The Morgan fingerprint density at radius 1 is 1.40 bits per heavy atom. The third kappa shape index (κ3) is 3.27. The Morgan fingerprint density at radius 3 is 2.80 bits per heavy atom. The lowest BCUT2D eigenvalue weighted by atomic mass is 10.1. The monoisotopic (exact) mass is 295 g/mol. The van der Waals surface area contributed by atoms with Gasteiger partial charge in [-0.2, -0.15) is 0 Å². The first-order chi connectivity index (χ1) is 9.61. The summed E-state index contributed by atoms with van der Waals surface area (Å²) < 4.78 is 31.2. The van der Waals surface area contributed by atoms with E-state index >= 15 is 0 Å². The van der Waals surface area contributed by atoms with E-state index in [1.165, 1.54) is 23.5 Å². The number of halogens is 2. The highest BCUT2D eigenvalue weighted by Gasteiger charge is 2.13. The number of hydrogen-bond donors (Lipinski definition) is 0. The number of aromatic nitrogens is 1. The normalized spacial score (nSPS) is 11.4. The molecule has 1 aromatic carbocycles. The van der Waals surface area contributed by atoms with E-state index in [2.05, 4.69) is 4.98 Å². The van der Waals surface area contributed by atoms with Crippen LogP contribution in [-0.2, 0) is 9.53 Å². The zero-order valence-electron chi connectivity index (χ0n) is 10.6. The first-order valence-electron chi connectivity index (χ1n) is 5.85. The van der Waals surface area contributed by atoms with Gasteiger partial charge in [0.05, 0.1) is 6.61 Å². The zero-order valence-corrected chi connectivity index (χ0v) is 11.4. The van der Waals surface area contributed by atoms with E-state index < -0.39 is 17.6 Å². The van der Waals surface area contributed by atoms with Crippen molar-refractivity contribution in [1.29, 1.82) is 0 Å². The second kappa shape index (κ2) is 6.38. The molecule has 0 fully saturated rings. The molecular weight excluding hydrogens is 284 g/mol. The van der Waals surface area contributed by atoms with Crippen molar-refractivity contribution in [2.45, 2.75) is 6.92 Å². The van der Waals surface area contributed by atoms with E-state index in [1.54, 1.807) is 18.5 Å². The van der Waals surface area contributed by atoms with Crippen molar-refractivity contribution in [2.75, 3.05) is 6.61 Å². The molecule has 0 bridgehead atoms. The quantitative estimate of drug-likeness (QED) is 0.641. The summed E-state index contributed by atoms with van der Waals surface area (Å²) in [4.78, 5) is 15.7. The SMILES string of the molecule is CCOC(=O)/C=C(\c1ccc(F)c(F)c1)c1nccs1. The molecular formula is C14H11F2NO2S. The van der Waals surface area contributed by atoms with Crippen LogP contribution < -0.4 is 0 Å². The molecule has 20 heavy (non-hydrogen) atoms. The van der Waals surface area contributed by atoms with Crippen LogP contribution >= 0.6 is 11.3 Å². The molecule has 1 aromatic heterocycles. The molecule has 0 radical (unpaired) electrons. The Morgan fingerprint density at radius 2 is 2.20 bits per heavy atom. The maximum Gasteiger partial charge on any atom is 0.331 e. The lowest BCUT2D eigenvalue weighted by molar-refractivity contribution is -0.137. The van der Waals surface area contributed by atoms with Gasteiger partial charge in [-0.1, -0.05) is 6.07 Å². The topological polar surface area (TPSA) is 39.2 Å². The van der Waals surface area contributed by atoms with E-state index in [9.17, 15) is 13.6 Å². The van der Waals surface area contributed by atoms with Gasteiger partial charge in [0.25, 0.3) is 0 Å². The number of nitrogens with zero attached hydrogens (tertiary/aromatic N) is 1. The summed E-state index contributed by atoms with van der Waals surface area (Å²) in [5.41, 5.74) is 0.768. The number of benzene rings is 1. The first-order valence-corrected chi connectivity index (χ1v) is 6.73. The number of thiazole rings is 1. The molecule has 2 rings (SSSR count). The van der Waals surface area contributed by atoms with Crippen LogP contribution in [0.3, 0.4) is 0 Å². The number of carbonyl (C=O) groups is 1. The van der Waals surface area contributed by atoms with Crippen LogP contribution in [0.4, 0.5) is 8.78 Å². The largest absolute Gasteiger partial charge is 0.463 e. The van der Waals surface area contributed by atoms with Crippen molar-refractivity contribution >= 4 is 22.9 Å². The van der Waals surface area contributed by atoms with Gasteiger partial charge in [-0.25, -0.2) is 18.6 Å². The molecule has 104 valence electrons. The Bertz CT molecular complexity index is 639. The smallest absolute Gasteiger partial charge is 0.331 e. The van der Waals surface area contributed by atoms with Gasteiger partial charge < -0.3 is 4.74 Å². The highest BCUT2D eigenvalue weighted by Crippen LogP contribution is 2.26. The molecule has 0 aliphatic rings. The van der Waals surface area contributed by atoms with Crippen molar-refractivity contribution in [3.05, 3.63) is 58.1 Å². The number of rotatable bonds is 4. The molecule has 0 aliphatic carbocycles. The number of carbonyl (C=O) groups excluding carboxylic acids is 1. The van der Waals surface area contributed by atoms with E-state index in [0.717, 1.165) is 12.1 Å². The van der Waals surface area contributed by atoms with E-state index in [1.807, 2.05) is 0 Å². The molecule has 1 heterocycles. The summed E-state index contributed by atoms with van der Waals surface area (Å²) in [6, 6.07) is 3.43. The van der Waals surface area contributed by atoms with Gasteiger partial charge in [0, 0.05) is 23.2 Å². The first kappa shape index (κ1) is 14.3. The number of esters is 1. The van der Waals surface area contributed by atoms with Crippen LogP contribution in [0.25, 0.3) is 5.57 Å². The third-order valence-electron chi connectivity index (χ3n) is 2.44. The van der Waals surface area contributed by atoms with E-state index in [-0.39, 0.29) is 6.61 Å². The highest BCUT2D eigenvalue weighted by atomic mass is 32.1. The lowest BCUT2D eigenvalue weighted by Crippen LogP contribution is -2.02. The fourth-order valence-electron chi connectivity index (χ4n) is 1.59. The second-order valence-corrected chi connectivity index (χ2v) is 4.67. The zero-order chi connectivity index (χ0) is 14.5. The van der Waals surface area contributed by atoms with Crippen LogP contribution in [0.5, 0.6) is 0 Å². The summed E-state index contributed by atoms with van der Waals surface area (Å²) in [5, 5.41) is 2.26. The van der Waals surface area contributed by atoms with Crippen LogP contribution in [0, 0.1) is 11.6 Å². The van der Waals surface area contributed by atoms with Crippen molar-refractivity contribution in [2.24, 2.45) is 0 Å². The Balaban J connectivity index is 2.46. The average Bonchev–Trinajstić information content (AvgIpc) is 2.93. The highest BCUT2D eigenvalue weighted by molar-refractivity contribution is 7.10. The van der Waals surface area contributed by atoms with Crippen LogP contribution in [0.15, 0.2) is 35.9 Å². The summed E-state index contributed by atoms with van der Waals surface area (Å²) >= 11 is 1.29. The molecule has 3 nitrogen and oxygen atoms in total. The van der Waals surface area contributed by atoms with Crippen molar-refractivity contribution in [3.8, 4) is 0 Å². The van der Waals surface area contributed by atoms with Crippen LogP contribution in [0.1, 0.15) is 17.5 Å². The van der Waals surface area contributed by atoms with Gasteiger partial charge in [0.1, 0.15) is 5.01 Å². The maximum atomic E-state index is 13.3. The minimum absolute atomic E-state index is 0.234. The lowest BCUT2D eigenvalue weighted by Gasteiger charge is -2.06. The molecule has 0 atom stereocenters. The third-order valence-corrected chi connectivity index (χ3v) is 3.25. The van der Waals surface area contributed by atoms with Gasteiger partial charge in [0.15, 0.2) is 11.6 Å². The van der Waals surface area contributed by atoms with Crippen LogP contribution in [0.2, 0.25) is 0 Å². The molecule has 0 unspecified atom stereocenters. The predicted molar refractivity (Wildman–Crippen MR) is 72.2 cm³/mol. The van der Waals surface area contributed by atoms with Crippen molar-refractivity contribution in [3.63, 3.8) is 0 Å².